The smallest absolute Gasteiger partial charge is 0.253 e. The predicted molar refractivity (Wildman–Crippen MR) is 97.0 cm³/mol. The van der Waals surface area contributed by atoms with E-state index in [-0.39, 0.29) is 5.56 Å². The number of anilines is 1. The van der Waals surface area contributed by atoms with Crippen molar-refractivity contribution in [2.45, 2.75) is 51.1 Å². The van der Waals surface area contributed by atoms with E-state index >= 15 is 0 Å². The monoisotopic (exact) mass is 327 g/mol. The van der Waals surface area contributed by atoms with Gasteiger partial charge in [0.15, 0.2) is 0 Å². The Labute approximate surface area is 141 Å². The minimum absolute atomic E-state index is 0.0210. The highest BCUT2D eigenvalue weighted by molar-refractivity contribution is 5.98. The van der Waals surface area contributed by atoms with Crippen molar-refractivity contribution in [3.8, 4) is 5.75 Å². The van der Waals surface area contributed by atoms with E-state index in [1.54, 1.807) is 7.11 Å². The first-order valence-corrected chi connectivity index (χ1v) is 8.99. The lowest BCUT2D eigenvalue weighted by atomic mass is 9.99. The van der Waals surface area contributed by atoms with E-state index in [9.17, 15) is 4.79 Å². The summed E-state index contributed by atoms with van der Waals surface area (Å²) in [5, 5.41) is 8.03. The highest BCUT2D eigenvalue weighted by atomic mass is 16.5. The number of aromatic nitrogens is 1. The van der Waals surface area contributed by atoms with Crippen LogP contribution in [0.1, 0.15) is 43.2 Å². The van der Waals surface area contributed by atoms with Crippen molar-refractivity contribution in [3.05, 3.63) is 33.6 Å². The molecule has 0 radical (unpaired) electrons. The summed E-state index contributed by atoms with van der Waals surface area (Å²) in [6.07, 6.45) is 6.99. The number of methoxy groups -OCH3 is 1. The van der Waals surface area contributed by atoms with Crippen LogP contribution in [-0.4, -0.2) is 24.7 Å². The number of hydrogen-bond donors (Lipinski definition) is 3. The number of ether oxygens (including phenoxy) is 1. The maximum absolute atomic E-state index is 12.4. The first-order valence-electron chi connectivity index (χ1n) is 8.99. The van der Waals surface area contributed by atoms with Crippen molar-refractivity contribution < 1.29 is 4.74 Å². The van der Waals surface area contributed by atoms with Gasteiger partial charge in [0.25, 0.3) is 5.56 Å². The van der Waals surface area contributed by atoms with E-state index in [0.29, 0.717) is 6.04 Å². The lowest BCUT2D eigenvalue weighted by molar-refractivity contribution is 0.418. The average Bonchev–Trinajstić information content (AvgIpc) is 3.13. The van der Waals surface area contributed by atoms with Crippen molar-refractivity contribution in [1.29, 1.82) is 0 Å². The molecule has 24 heavy (non-hydrogen) atoms. The highest BCUT2D eigenvalue weighted by Crippen LogP contribution is 2.35. The van der Waals surface area contributed by atoms with Crippen molar-refractivity contribution in [1.82, 2.24) is 10.3 Å². The fourth-order valence-corrected chi connectivity index (χ4v) is 4.06. The van der Waals surface area contributed by atoms with Gasteiger partial charge in [-0.1, -0.05) is 12.8 Å². The Morgan fingerprint density at radius 1 is 1.25 bits per heavy atom. The lowest BCUT2D eigenvalue weighted by Gasteiger charge is -2.21. The zero-order chi connectivity index (χ0) is 16.5. The Kier molecular flexibility index (Phi) is 4.19. The Morgan fingerprint density at radius 2 is 2.08 bits per heavy atom. The van der Waals surface area contributed by atoms with Gasteiger partial charge >= 0.3 is 0 Å². The van der Waals surface area contributed by atoms with Gasteiger partial charge in [0.1, 0.15) is 5.75 Å². The SMILES string of the molecule is COc1cc(CNC2CCCC2)cc2[nH]c(=O)c3c(c12)NCCC3. The molecule has 0 bridgehead atoms. The second-order valence-electron chi connectivity index (χ2n) is 6.92. The van der Waals surface area contributed by atoms with E-state index in [0.717, 1.165) is 59.4 Å². The maximum Gasteiger partial charge on any atom is 0.253 e. The maximum atomic E-state index is 12.4. The van der Waals surface area contributed by atoms with Gasteiger partial charge in [0, 0.05) is 24.7 Å². The molecule has 1 aliphatic heterocycles. The van der Waals surface area contributed by atoms with Crippen LogP contribution in [0.25, 0.3) is 10.9 Å². The predicted octanol–water partition coefficient (Wildman–Crippen LogP) is 2.93. The van der Waals surface area contributed by atoms with E-state index < -0.39 is 0 Å². The van der Waals surface area contributed by atoms with Crippen LogP contribution >= 0.6 is 0 Å². The zero-order valence-electron chi connectivity index (χ0n) is 14.2. The summed E-state index contributed by atoms with van der Waals surface area (Å²) in [7, 11) is 1.70. The van der Waals surface area contributed by atoms with Gasteiger partial charge in [-0.2, -0.15) is 0 Å². The fourth-order valence-electron chi connectivity index (χ4n) is 4.06. The van der Waals surface area contributed by atoms with E-state index in [2.05, 4.69) is 27.8 Å². The second kappa shape index (κ2) is 6.48. The summed E-state index contributed by atoms with van der Waals surface area (Å²) >= 11 is 0. The molecular weight excluding hydrogens is 302 g/mol. The number of hydrogen-bond acceptors (Lipinski definition) is 4. The Balaban J connectivity index is 1.74. The van der Waals surface area contributed by atoms with E-state index in [1.165, 1.54) is 25.7 Å². The number of benzene rings is 1. The van der Waals surface area contributed by atoms with Crippen molar-refractivity contribution >= 4 is 16.6 Å². The molecule has 0 saturated heterocycles. The molecule has 5 heteroatoms. The molecule has 2 heterocycles. The summed E-state index contributed by atoms with van der Waals surface area (Å²) in [6, 6.07) is 4.80. The van der Waals surface area contributed by atoms with Crippen LogP contribution in [0.2, 0.25) is 0 Å². The molecule has 5 nitrogen and oxygen atoms in total. The second-order valence-corrected chi connectivity index (χ2v) is 6.92. The minimum Gasteiger partial charge on any atom is -0.496 e. The van der Waals surface area contributed by atoms with E-state index in [4.69, 9.17) is 4.74 Å². The number of pyridine rings is 1. The molecular formula is C19H25N3O2. The van der Waals surface area contributed by atoms with Crippen LogP contribution < -0.4 is 20.9 Å². The van der Waals surface area contributed by atoms with Crippen LogP contribution in [0.4, 0.5) is 5.69 Å². The minimum atomic E-state index is 0.0210. The topological polar surface area (TPSA) is 66.1 Å². The molecule has 0 unspecified atom stereocenters. The molecule has 1 aromatic carbocycles. The molecule has 1 saturated carbocycles. The first-order chi connectivity index (χ1) is 11.8. The molecule has 3 N–H and O–H groups in total. The normalized spacial score (nSPS) is 17.7. The van der Waals surface area contributed by atoms with Crippen LogP contribution in [0, 0.1) is 0 Å². The van der Waals surface area contributed by atoms with Gasteiger partial charge in [-0.05, 0) is 43.4 Å². The van der Waals surface area contributed by atoms with Gasteiger partial charge in [-0.15, -0.1) is 0 Å². The lowest BCUT2D eigenvalue weighted by Crippen LogP contribution is -2.25. The quantitative estimate of drug-likeness (QED) is 0.808. The van der Waals surface area contributed by atoms with Gasteiger partial charge in [0.2, 0.25) is 0 Å². The molecule has 1 aromatic heterocycles. The van der Waals surface area contributed by atoms with Crippen LogP contribution in [0.5, 0.6) is 5.75 Å². The van der Waals surface area contributed by atoms with Gasteiger partial charge in [-0.25, -0.2) is 0 Å². The van der Waals surface area contributed by atoms with Gasteiger partial charge < -0.3 is 20.4 Å². The third kappa shape index (κ3) is 2.77. The third-order valence-electron chi connectivity index (χ3n) is 5.31. The van der Waals surface area contributed by atoms with Crippen LogP contribution in [0.15, 0.2) is 16.9 Å². The molecule has 0 spiro atoms. The molecule has 2 aromatic rings. The molecule has 1 fully saturated rings. The van der Waals surface area contributed by atoms with Crippen molar-refractivity contribution in [2.75, 3.05) is 19.0 Å². The Hall–Kier alpha value is -2.01. The number of fused-ring (bicyclic) bond motifs is 3. The summed E-state index contributed by atoms with van der Waals surface area (Å²) < 4.78 is 5.66. The largest absolute Gasteiger partial charge is 0.496 e. The zero-order valence-corrected chi connectivity index (χ0v) is 14.2. The number of rotatable bonds is 4. The summed E-state index contributed by atoms with van der Waals surface area (Å²) in [4.78, 5) is 15.5. The molecule has 0 amide bonds. The van der Waals surface area contributed by atoms with Gasteiger partial charge in [0.05, 0.1) is 23.7 Å². The average molecular weight is 327 g/mol. The standard InChI is InChI=1S/C19H25N3O2/c1-24-16-10-12(11-21-13-5-2-3-6-13)9-15-17(16)18-14(19(23)22-15)7-4-8-20-18/h9-10,13,20-21H,2-8,11H2,1H3,(H,22,23). The fraction of sp³-hybridized carbons (Fsp3) is 0.526. The number of H-pyrrole nitrogens is 1. The van der Waals surface area contributed by atoms with Crippen molar-refractivity contribution in [2.24, 2.45) is 0 Å². The van der Waals surface area contributed by atoms with E-state index in [1.807, 2.05) is 0 Å². The summed E-state index contributed by atoms with van der Waals surface area (Å²) in [5.41, 5.74) is 3.83. The van der Waals surface area contributed by atoms with Crippen LogP contribution in [-0.2, 0) is 13.0 Å². The Morgan fingerprint density at radius 3 is 2.88 bits per heavy atom. The number of aromatic amines is 1. The summed E-state index contributed by atoms with van der Waals surface area (Å²) in [5.74, 6) is 0.831. The number of nitrogens with one attached hydrogen (secondary N) is 3. The molecule has 0 atom stereocenters. The first kappa shape index (κ1) is 15.5. The summed E-state index contributed by atoms with van der Waals surface area (Å²) in [6.45, 7) is 1.71. The molecule has 1 aliphatic carbocycles. The third-order valence-corrected chi connectivity index (χ3v) is 5.31. The van der Waals surface area contributed by atoms with Crippen LogP contribution in [0.3, 0.4) is 0 Å². The molecule has 4 rings (SSSR count). The highest BCUT2D eigenvalue weighted by Gasteiger charge is 2.20. The molecule has 128 valence electrons. The molecule has 2 aliphatic rings. The van der Waals surface area contributed by atoms with Crippen molar-refractivity contribution in [3.63, 3.8) is 0 Å². The Bertz CT molecular complexity index is 806. The van der Waals surface area contributed by atoms with Gasteiger partial charge in [-0.3, -0.25) is 4.79 Å².